The van der Waals surface area contributed by atoms with E-state index in [1.165, 1.54) is 44.2 Å². The molecule has 0 atom stereocenters. The van der Waals surface area contributed by atoms with Gasteiger partial charge in [0, 0.05) is 18.6 Å². The Hall–Kier alpha value is -2.94. The summed E-state index contributed by atoms with van der Waals surface area (Å²) in [5.41, 5.74) is -0.159. The molecule has 2 aromatic carbocycles. The van der Waals surface area contributed by atoms with Gasteiger partial charge in [-0.05, 0) is 30.7 Å². The number of benzene rings is 2. The first-order chi connectivity index (χ1) is 15.7. The fraction of sp³-hybridized carbons (Fsp3) is 0.458. The quantitative estimate of drug-likeness (QED) is 0.0933. The van der Waals surface area contributed by atoms with Crippen molar-refractivity contribution in [1.29, 1.82) is 0 Å². The molecule has 4 N–H and O–H groups in total. The largest absolute Gasteiger partial charge is 0.508 e. The monoisotopic (exact) mass is 479 g/mol. The van der Waals surface area contributed by atoms with Gasteiger partial charge in [-0.1, -0.05) is 58.3 Å². The summed E-state index contributed by atoms with van der Waals surface area (Å²) in [7, 11) is -4.26. The third-order valence-corrected chi connectivity index (χ3v) is 6.56. The van der Waals surface area contributed by atoms with Gasteiger partial charge in [0.25, 0.3) is 10.0 Å². The summed E-state index contributed by atoms with van der Waals surface area (Å²) in [4.78, 5) is 11.9. The highest BCUT2D eigenvalue weighted by Gasteiger charge is 2.23. The molecule has 0 fully saturated rings. The zero-order chi connectivity index (χ0) is 24.3. The lowest BCUT2D eigenvalue weighted by Gasteiger charge is -2.14. The van der Waals surface area contributed by atoms with Crippen molar-refractivity contribution >= 4 is 21.7 Å². The van der Waals surface area contributed by atoms with Gasteiger partial charge >= 0.3 is 5.97 Å². The smallest absolute Gasteiger partial charge is 0.311 e. The minimum atomic E-state index is -4.26. The standard InChI is InChI=1S/C24H33NO7S/c1-2-3-4-5-6-7-8-9-10-11-24(29)32-22-17-19(27)13-15-23(22)33(30,31)25-20-14-12-18(26)16-21(20)28/h12-17,25-28H,2-11H2,1H3. The number of unbranched alkanes of at least 4 members (excludes halogenated alkanes) is 8. The average Bonchev–Trinajstić information content (AvgIpc) is 2.74. The van der Waals surface area contributed by atoms with E-state index in [0.29, 0.717) is 6.42 Å². The minimum Gasteiger partial charge on any atom is -0.508 e. The summed E-state index contributed by atoms with van der Waals surface area (Å²) in [6.07, 6.45) is 10.00. The number of anilines is 1. The summed E-state index contributed by atoms with van der Waals surface area (Å²) in [6.45, 7) is 2.19. The highest BCUT2D eigenvalue weighted by molar-refractivity contribution is 7.92. The van der Waals surface area contributed by atoms with Crippen molar-refractivity contribution in [1.82, 2.24) is 0 Å². The van der Waals surface area contributed by atoms with Gasteiger partial charge in [-0.2, -0.15) is 0 Å². The number of nitrogens with one attached hydrogen (secondary N) is 1. The first kappa shape index (κ1) is 26.3. The maximum absolute atomic E-state index is 12.8. The lowest BCUT2D eigenvalue weighted by molar-refractivity contribution is -0.134. The van der Waals surface area contributed by atoms with Crippen LogP contribution in [0.15, 0.2) is 41.3 Å². The zero-order valence-electron chi connectivity index (χ0n) is 18.9. The number of phenols is 3. The second-order valence-electron chi connectivity index (χ2n) is 7.99. The molecule has 0 aromatic heterocycles. The van der Waals surface area contributed by atoms with Crippen LogP contribution in [0.25, 0.3) is 0 Å². The van der Waals surface area contributed by atoms with Crippen LogP contribution >= 0.6 is 0 Å². The molecule has 8 nitrogen and oxygen atoms in total. The Kier molecular flexibility index (Phi) is 10.3. The Labute approximate surface area is 195 Å². The highest BCUT2D eigenvalue weighted by Crippen LogP contribution is 2.33. The third kappa shape index (κ3) is 8.84. The van der Waals surface area contributed by atoms with Gasteiger partial charge in [-0.15, -0.1) is 0 Å². The summed E-state index contributed by atoms with van der Waals surface area (Å²) >= 11 is 0. The molecule has 0 unspecified atom stereocenters. The first-order valence-corrected chi connectivity index (χ1v) is 12.8. The Morgan fingerprint density at radius 3 is 2.06 bits per heavy atom. The maximum atomic E-state index is 12.8. The Morgan fingerprint density at radius 1 is 0.848 bits per heavy atom. The zero-order valence-corrected chi connectivity index (χ0v) is 19.7. The molecule has 0 spiro atoms. The molecule has 9 heteroatoms. The van der Waals surface area contributed by atoms with Crippen molar-refractivity contribution in [3.8, 4) is 23.0 Å². The number of sulfonamides is 1. The fourth-order valence-electron chi connectivity index (χ4n) is 3.36. The first-order valence-electron chi connectivity index (χ1n) is 11.3. The number of carbonyl (C=O) groups is 1. The molecule has 0 heterocycles. The number of phenolic OH excluding ortho intramolecular Hbond substituents is 3. The molecule has 2 aromatic rings. The predicted octanol–water partition coefficient (Wildman–Crippen LogP) is 5.43. The molecule has 0 bridgehead atoms. The highest BCUT2D eigenvalue weighted by atomic mass is 32.2. The molecule has 0 radical (unpaired) electrons. The van der Waals surface area contributed by atoms with Crippen LogP contribution in [0.2, 0.25) is 0 Å². The third-order valence-electron chi connectivity index (χ3n) is 5.15. The minimum absolute atomic E-state index is 0.136. The second kappa shape index (κ2) is 12.9. The second-order valence-corrected chi connectivity index (χ2v) is 9.64. The van der Waals surface area contributed by atoms with E-state index in [2.05, 4.69) is 11.6 Å². The summed E-state index contributed by atoms with van der Waals surface area (Å²) in [5.74, 6) is -1.85. The average molecular weight is 480 g/mol. The number of hydrogen-bond donors (Lipinski definition) is 4. The van der Waals surface area contributed by atoms with Gasteiger partial charge in [0.2, 0.25) is 0 Å². The molecular weight excluding hydrogens is 446 g/mol. The molecule has 0 saturated carbocycles. The number of hydrogen-bond acceptors (Lipinski definition) is 7. The molecule has 0 aliphatic heterocycles. The fourth-order valence-corrected chi connectivity index (χ4v) is 4.54. The van der Waals surface area contributed by atoms with Gasteiger partial charge in [0.05, 0.1) is 5.69 Å². The van der Waals surface area contributed by atoms with E-state index < -0.39 is 21.7 Å². The van der Waals surface area contributed by atoms with Crippen LogP contribution < -0.4 is 9.46 Å². The molecule has 2 rings (SSSR count). The lowest BCUT2D eigenvalue weighted by Crippen LogP contribution is -2.16. The van der Waals surface area contributed by atoms with Crippen LogP contribution in [0.5, 0.6) is 23.0 Å². The van der Waals surface area contributed by atoms with Crippen molar-refractivity contribution < 1.29 is 33.3 Å². The molecule has 33 heavy (non-hydrogen) atoms. The van der Waals surface area contributed by atoms with Crippen LogP contribution in [0.1, 0.15) is 71.1 Å². The molecule has 0 amide bonds. The van der Waals surface area contributed by atoms with E-state index in [1.807, 2.05) is 0 Å². The van der Waals surface area contributed by atoms with E-state index in [4.69, 9.17) is 4.74 Å². The summed E-state index contributed by atoms with van der Waals surface area (Å²) < 4.78 is 33.1. The number of rotatable bonds is 14. The Morgan fingerprint density at radius 2 is 1.42 bits per heavy atom. The van der Waals surface area contributed by atoms with Crippen LogP contribution in [0.3, 0.4) is 0 Å². The lowest BCUT2D eigenvalue weighted by atomic mass is 10.1. The molecule has 182 valence electrons. The van der Waals surface area contributed by atoms with Gasteiger partial charge in [0.1, 0.15) is 22.1 Å². The molecule has 0 aliphatic rings. The topological polar surface area (TPSA) is 133 Å². The van der Waals surface area contributed by atoms with Gasteiger partial charge < -0.3 is 20.1 Å². The van der Waals surface area contributed by atoms with E-state index in [9.17, 15) is 28.5 Å². The maximum Gasteiger partial charge on any atom is 0.311 e. The van der Waals surface area contributed by atoms with E-state index in [0.717, 1.165) is 43.5 Å². The molecular formula is C24H33NO7S. The van der Waals surface area contributed by atoms with Gasteiger partial charge in [-0.3, -0.25) is 9.52 Å². The Bertz CT molecular complexity index is 1020. The van der Waals surface area contributed by atoms with E-state index >= 15 is 0 Å². The Balaban J connectivity index is 1.94. The number of esters is 1. The van der Waals surface area contributed by atoms with Crippen molar-refractivity contribution in [2.45, 2.75) is 76.0 Å². The summed E-state index contributed by atoms with van der Waals surface area (Å²) in [6, 6.07) is 6.71. The summed E-state index contributed by atoms with van der Waals surface area (Å²) in [5, 5.41) is 29.0. The van der Waals surface area contributed by atoms with Crippen molar-refractivity contribution in [3.63, 3.8) is 0 Å². The number of ether oxygens (including phenoxy) is 1. The molecule has 0 saturated heterocycles. The van der Waals surface area contributed by atoms with Crippen molar-refractivity contribution in [3.05, 3.63) is 36.4 Å². The van der Waals surface area contributed by atoms with Crippen LogP contribution in [0, 0.1) is 0 Å². The SMILES string of the molecule is CCCCCCCCCCCC(=O)Oc1cc(O)ccc1S(=O)(=O)Nc1ccc(O)cc1O. The van der Waals surface area contributed by atoms with Gasteiger partial charge in [0.15, 0.2) is 5.75 Å². The van der Waals surface area contributed by atoms with Crippen molar-refractivity contribution in [2.75, 3.05) is 4.72 Å². The van der Waals surface area contributed by atoms with Gasteiger partial charge in [-0.25, -0.2) is 8.42 Å². The van der Waals surface area contributed by atoms with E-state index in [-0.39, 0.29) is 34.3 Å². The van der Waals surface area contributed by atoms with Crippen molar-refractivity contribution in [2.24, 2.45) is 0 Å². The van der Waals surface area contributed by atoms with E-state index in [1.54, 1.807) is 0 Å². The number of aromatic hydroxyl groups is 3. The predicted molar refractivity (Wildman–Crippen MR) is 126 cm³/mol. The van der Waals surface area contributed by atoms with Crippen LogP contribution in [0.4, 0.5) is 5.69 Å². The van der Waals surface area contributed by atoms with Crippen LogP contribution in [-0.4, -0.2) is 29.7 Å². The molecule has 0 aliphatic carbocycles. The normalized spacial score (nSPS) is 11.3. The van der Waals surface area contributed by atoms with Crippen LogP contribution in [-0.2, 0) is 14.8 Å². The number of carbonyl (C=O) groups excluding carboxylic acids is 1.